The molecule has 1 spiro atoms. The predicted octanol–water partition coefficient (Wildman–Crippen LogP) is 2.13. The first-order chi connectivity index (χ1) is 17.4. The zero-order chi connectivity index (χ0) is 25.3. The first-order valence-electron chi connectivity index (χ1n) is 13.8. The van der Waals surface area contributed by atoms with Crippen LogP contribution in [0.2, 0.25) is 0 Å². The highest BCUT2D eigenvalue weighted by molar-refractivity contribution is 6.08. The van der Waals surface area contributed by atoms with Gasteiger partial charge in [0, 0.05) is 69.1 Å². The lowest BCUT2D eigenvalue weighted by atomic mass is 9.64. The zero-order valence-electron chi connectivity index (χ0n) is 21.9. The fourth-order valence-corrected chi connectivity index (χ4v) is 6.36. The van der Waals surface area contributed by atoms with Crippen molar-refractivity contribution in [2.75, 3.05) is 62.7 Å². The molecule has 0 amide bonds. The second-order valence-electron chi connectivity index (χ2n) is 11.1. The van der Waals surface area contributed by atoms with Crippen LogP contribution in [-0.4, -0.2) is 85.3 Å². The van der Waals surface area contributed by atoms with E-state index in [0.29, 0.717) is 24.1 Å². The summed E-state index contributed by atoms with van der Waals surface area (Å²) >= 11 is 0. The number of nitrogens with two attached hydrogens (primary N) is 1. The molecule has 3 N–H and O–H groups in total. The maximum absolute atomic E-state index is 14.0. The van der Waals surface area contributed by atoms with E-state index in [2.05, 4.69) is 40.1 Å². The van der Waals surface area contributed by atoms with Crippen LogP contribution in [0.25, 0.3) is 0 Å². The van der Waals surface area contributed by atoms with Crippen molar-refractivity contribution in [3.05, 3.63) is 23.2 Å². The monoisotopic (exact) mass is 495 g/mol. The highest BCUT2D eigenvalue weighted by Gasteiger charge is 2.46. The van der Waals surface area contributed by atoms with Gasteiger partial charge in [-0.15, -0.1) is 0 Å². The summed E-state index contributed by atoms with van der Waals surface area (Å²) in [7, 11) is 2.13. The minimum Gasteiger partial charge on any atom is -0.401 e. The Kier molecular flexibility index (Phi) is 7.30. The van der Waals surface area contributed by atoms with Crippen LogP contribution < -0.4 is 20.9 Å². The van der Waals surface area contributed by atoms with Crippen molar-refractivity contribution in [1.82, 2.24) is 20.2 Å². The van der Waals surface area contributed by atoms with E-state index in [1.54, 1.807) is 0 Å². The Morgan fingerprint density at radius 1 is 1.03 bits per heavy atom. The van der Waals surface area contributed by atoms with E-state index in [4.69, 9.17) is 15.7 Å². The predicted molar refractivity (Wildman–Crippen MR) is 141 cm³/mol. The molecule has 196 valence electrons. The highest BCUT2D eigenvalue weighted by Crippen LogP contribution is 2.47. The van der Waals surface area contributed by atoms with Gasteiger partial charge in [0.15, 0.2) is 0 Å². The van der Waals surface area contributed by atoms with Crippen molar-refractivity contribution in [3.63, 3.8) is 0 Å². The first-order valence-corrected chi connectivity index (χ1v) is 13.8. The molecule has 2 saturated heterocycles. The van der Waals surface area contributed by atoms with Gasteiger partial charge in [-0.2, -0.15) is 0 Å². The minimum absolute atomic E-state index is 0.204. The Balaban J connectivity index is 1.54. The molecular formula is C27H41N7O2. The number of likely N-dealkylation sites (N-methyl/N-ethyl adjacent to an activating group) is 1. The molecule has 4 aliphatic rings. The lowest BCUT2D eigenvalue weighted by molar-refractivity contribution is -0.129. The lowest BCUT2D eigenvalue weighted by Gasteiger charge is -2.40. The number of nitrogens with one attached hydrogen (secondary N) is 1. The number of hydrogen-bond donors (Lipinski definition) is 2. The Bertz CT molecular complexity index is 1030. The fraction of sp³-hybridized carbons (Fsp3) is 0.704. The van der Waals surface area contributed by atoms with Crippen LogP contribution in [-0.2, 0) is 4.79 Å². The van der Waals surface area contributed by atoms with Crippen LogP contribution in [0.3, 0.4) is 0 Å². The molecule has 0 unspecified atom stereocenters. The van der Waals surface area contributed by atoms with Gasteiger partial charge >= 0.3 is 0 Å². The quantitative estimate of drug-likeness (QED) is 0.607. The molecule has 1 aromatic heterocycles. The summed E-state index contributed by atoms with van der Waals surface area (Å²) in [6.45, 7) is 8.55. The molecular weight excluding hydrogens is 454 g/mol. The van der Waals surface area contributed by atoms with Crippen molar-refractivity contribution in [2.45, 2.75) is 64.3 Å². The second-order valence-corrected chi connectivity index (χ2v) is 11.1. The van der Waals surface area contributed by atoms with E-state index in [0.717, 1.165) is 96.0 Å². The molecule has 0 aromatic carbocycles. The van der Waals surface area contributed by atoms with Gasteiger partial charge in [0.25, 0.3) is 0 Å². The number of hydrogen-bond acceptors (Lipinski definition) is 9. The van der Waals surface area contributed by atoms with E-state index in [1.165, 1.54) is 0 Å². The zero-order valence-corrected chi connectivity index (χ0v) is 21.9. The number of anilines is 2. The summed E-state index contributed by atoms with van der Waals surface area (Å²) in [5.74, 6) is 1.82. The fourth-order valence-electron chi connectivity index (χ4n) is 6.36. The van der Waals surface area contributed by atoms with Crippen LogP contribution in [0, 0.1) is 5.41 Å². The Hall–Kier alpha value is -2.52. The molecule has 3 fully saturated rings. The smallest absolute Gasteiger partial charge is 0.228 e. The summed E-state index contributed by atoms with van der Waals surface area (Å²) in [4.78, 5) is 43.5. The number of carbonyl (C=O) groups excluding carboxylic acids is 2. The summed E-state index contributed by atoms with van der Waals surface area (Å²) < 4.78 is 0. The van der Waals surface area contributed by atoms with E-state index in [1.807, 2.05) is 0 Å². The summed E-state index contributed by atoms with van der Waals surface area (Å²) in [5.41, 5.74) is 7.07. The van der Waals surface area contributed by atoms with Crippen LogP contribution in [0.1, 0.15) is 68.9 Å². The van der Waals surface area contributed by atoms with Crippen molar-refractivity contribution >= 4 is 23.2 Å². The van der Waals surface area contributed by atoms with Gasteiger partial charge in [0.2, 0.25) is 11.6 Å². The van der Waals surface area contributed by atoms with Crippen molar-refractivity contribution in [1.29, 1.82) is 0 Å². The highest BCUT2D eigenvalue weighted by atomic mass is 16.1. The van der Waals surface area contributed by atoms with Gasteiger partial charge in [-0.25, -0.2) is 9.97 Å². The normalized spacial score (nSPS) is 28.5. The van der Waals surface area contributed by atoms with Crippen LogP contribution in [0.4, 0.5) is 11.6 Å². The van der Waals surface area contributed by atoms with Crippen molar-refractivity contribution in [2.24, 2.45) is 11.1 Å². The third-order valence-corrected chi connectivity index (χ3v) is 8.68. The van der Waals surface area contributed by atoms with Gasteiger partial charge in [-0.1, -0.05) is 6.42 Å². The maximum Gasteiger partial charge on any atom is 0.228 e. The van der Waals surface area contributed by atoms with Gasteiger partial charge in [0.05, 0.1) is 5.41 Å². The number of aromatic nitrogens is 2. The molecule has 9 nitrogen and oxygen atoms in total. The number of allylic oxidation sites excluding steroid dienone is 2. The Morgan fingerprint density at radius 3 is 2.56 bits per heavy atom. The van der Waals surface area contributed by atoms with Crippen molar-refractivity contribution in [3.8, 4) is 0 Å². The molecule has 1 saturated carbocycles. The second kappa shape index (κ2) is 10.5. The van der Waals surface area contributed by atoms with Crippen molar-refractivity contribution < 1.29 is 9.59 Å². The topological polar surface area (TPSA) is 108 Å². The van der Waals surface area contributed by atoms with Gasteiger partial charge in [-0.05, 0) is 59.0 Å². The average molecular weight is 496 g/mol. The Morgan fingerprint density at radius 2 is 1.78 bits per heavy atom. The molecule has 5 rings (SSSR count). The molecule has 2 atom stereocenters. The summed E-state index contributed by atoms with van der Waals surface area (Å²) in [6, 6.07) is 2.31. The van der Waals surface area contributed by atoms with Gasteiger partial charge in [-0.3, -0.25) is 9.59 Å². The number of carbonyl (C=O) groups is 2. The molecule has 9 heteroatoms. The largest absolute Gasteiger partial charge is 0.401 e. The average Bonchev–Trinajstić information content (AvgIpc) is 3.11. The van der Waals surface area contributed by atoms with Gasteiger partial charge in [0.1, 0.15) is 17.4 Å². The SMILES string of the molecule is C[C@H]1CNCCCN1c1cc(N2CCN(C)CC2)nc(C(=O)C2=C(N)[C@]3(CCCCC3=O)CCC2)n1. The summed E-state index contributed by atoms with van der Waals surface area (Å²) in [5, 5.41) is 3.49. The van der Waals surface area contributed by atoms with E-state index < -0.39 is 5.41 Å². The molecule has 36 heavy (non-hydrogen) atoms. The number of Topliss-reactive ketones (excluding diaryl/α,β-unsaturated/α-hetero) is 2. The molecule has 3 heterocycles. The molecule has 2 aliphatic heterocycles. The Labute approximate surface area is 214 Å². The standard InChI is InChI=1S/C27H41N7O2/c1-19-18-29-11-6-12-34(19)23-17-22(33-15-13-32(2)14-16-33)30-26(31-23)24(36)20-7-5-10-27(25(20)28)9-4-3-8-21(27)35/h17,19,29H,3-16,18,28H2,1-2H3/t19-,27+/m0/s1. The number of rotatable bonds is 4. The van der Waals surface area contributed by atoms with Crippen LogP contribution in [0.15, 0.2) is 17.3 Å². The third-order valence-electron chi connectivity index (χ3n) is 8.68. The van der Waals surface area contributed by atoms with E-state index in [9.17, 15) is 9.59 Å². The van der Waals surface area contributed by atoms with Gasteiger partial charge < -0.3 is 25.8 Å². The van der Waals surface area contributed by atoms with E-state index >= 15 is 0 Å². The maximum atomic E-state index is 14.0. The number of nitrogens with zero attached hydrogens (tertiary/aromatic N) is 5. The molecule has 0 bridgehead atoms. The minimum atomic E-state index is -0.662. The summed E-state index contributed by atoms with van der Waals surface area (Å²) in [6.07, 6.45) is 6.36. The molecule has 1 aromatic rings. The molecule has 2 aliphatic carbocycles. The van der Waals surface area contributed by atoms with Crippen LogP contribution in [0.5, 0.6) is 0 Å². The first kappa shape index (κ1) is 25.1. The van der Waals surface area contributed by atoms with Crippen LogP contribution >= 0.6 is 0 Å². The number of piperazine rings is 1. The number of ketones is 2. The molecule has 0 radical (unpaired) electrons. The third kappa shape index (κ3) is 4.75. The lowest BCUT2D eigenvalue weighted by Crippen LogP contribution is -2.45. The van der Waals surface area contributed by atoms with E-state index in [-0.39, 0.29) is 23.4 Å².